The lowest BCUT2D eigenvalue weighted by atomic mass is 10.2. The number of pyridine rings is 1. The van der Waals surface area contributed by atoms with Crippen LogP contribution in [-0.4, -0.2) is 18.3 Å². The second kappa shape index (κ2) is 6.34. The van der Waals surface area contributed by atoms with Crippen molar-refractivity contribution in [3.63, 3.8) is 0 Å². The Morgan fingerprint density at radius 3 is 2.42 bits per heavy atom. The van der Waals surface area contributed by atoms with Gasteiger partial charge < -0.3 is 10.1 Å². The quantitative estimate of drug-likeness (QED) is 0.401. The molecule has 0 N–H and O–H groups in total. The van der Waals surface area contributed by atoms with Crippen molar-refractivity contribution in [3.05, 3.63) is 76.3 Å². The second-order valence-corrected chi connectivity index (χ2v) is 6.54. The topological polar surface area (TPSA) is 99.4 Å². The molecule has 7 nitrogen and oxygen atoms in total. The fraction of sp³-hybridized carbons (Fsp3) is 0.0625. The van der Waals surface area contributed by atoms with E-state index >= 15 is 0 Å². The van der Waals surface area contributed by atoms with Crippen LogP contribution in [0.15, 0.2) is 65.6 Å². The van der Waals surface area contributed by atoms with E-state index in [9.17, 15) is 18.5 Å². The summed E-state index contributed by atoms with van der Waals surface area (Å²) in [5.74, 6) is -0.546. The van der Waals surface area contributed by atoms with Crippen molar-refractivity contribution in [2.45, 2.75) is 11.5 Å². The molecule has 0 fully saturated rings. The Kier molecular flexibility index (Phi) is 4.24. The third-order valence-corrected chi connectivity index (χ3v) is 4.65. The molecule has 0 aliphatic heterocycles. The van der Waals surface area contributed by atoms with E-state index in [1.807, 2.05) is 0 Å². The lowest BCUT2D eigenvalue weighted by molar-refractivity contribution is -0.389. The van der Waals surface area contributed by atoms with Crippen LogP contribution in [0.5, 0.6) is 0 Å². The highest BCUT2D eigenvalue weighted by Gasteiger charge is 2.24. The summed E-state index contributed by atoms with van der Waals surface area (Å²) in [5.41, 5.74) is 0.891. The SMILES string of the molecule is O=[N+]([O-])c1cc(S(=O)(=O)OCc2ccccc2)c2ccccc2n1. The highest BCUT2D eigenvalue weighted by molar-refractivity contribution is 7.87. The number of aromatic nitrogens is 1. The van der Waals surface area contributed by atoms with Crippen molar-refractivity contribution >= 4 is 26.8 Å². The van der Waals surface area contributed by atoms with Gasteiger partial charge in [0.05, 0.1) is 12.7 Å². The van der Waals surface area contributed by atoms with Gasteiger partial charge in [-0.2, -0.15) is 8.42 Å². The zero-order valence-electron chi connectivity index (χ0n) is 12.3. The number of rotatable bonds is 5. The van der Waals surface area contributed by atoms with E-state index in [4.69, 9.17) is 4.18 Å². The van der Waals surface area contributed by atoms with Crippen LogP contribution in [0.4, 0.5) is 5.82 Å². The molecular weight excluding hydrogens is 332 g/mol. The Bertz CT molecular complexity index is 1000. The van der Waals surface area contributed by atoms with Crippen LogP contribution in [0.3, 0.4) is 0 Å². The summed E-state index contributed by atoms with van der Waals surface area (Å²) in [7, 11) is -4.19. The minimum atomic E-state index is -4.19. The van der Waals surface area contributed by atoms with Crippen molar-refractivity contribution in [2.75, 3.05) is 0 Å². The van der Waals surface area contributed by atoms with Crippen LogP contribution < -0.4 is 0 Å². The molecule has 0 unspecified atom stereocenters. The molecule has 0 amide bonds. The minimum Gasteiger partial charge on any atom is -0.358 e. The van der Waals surface area contributed by atoms with E-state index in [2.05, 4.69) is 4.98 Å². The second-order valence-electron chi connectivity index (χ2n) is 4.95. The molecule has 2 aromatic carbocycles. The molecule has 0 bridgehead atoms. The fourth-order valence-electron chi connectivity index (χ4n) is 2.21. The predicted molar refractivity (Wildman–Crippen MR) is 86.8 cm³/mol. The number of hydrogen-bond acceptors (Lipinski definition) is 6. The van der Waals surface area contributed by atoms with Gasteiger partial charge in [0, 0.05) is 5.39 Å². The van der Waals surface area contributed by atoms with Crippen LogP contribution in [0.1, 0.15) is 5.56 Å². The Labute approximate surface area is 137 Å². The summed E-state index contributed by atoms with van der Waals surface area (Å²) < 4.78 is 30.1. The van der Waals surface area contributed by atoms with Crippen molar-refractivity contribution < 1.29 is 17.5 Å². The first-order valence-electron chi connectivity index (χ1n) is 6.95. The van der Waals surface area contributed by atoms with Crippen LogP contribution >= 0.6 is 0 Å². The van der Waals surface area contributed by atoms with Gasteiger partial charge in [-0.05, 0) is 27.6 Å². The highest BCUT2D eigenvalue weighted by atomic mass is 32.2. The molecule has 122 valence electrons. The summed E-state index contributed by atoms with van der Waals surface area (Å²) in [6.45, 7) is -0.159. The summed E-state index contributed by atoms with van der Waals surface area (Å²) in [6.07, 6.45) is 0. The maximum atomic E-state index is 12.5. The van der Waals surface area contributed by atoms with Crippen molar-refractivity contribution in [1.82, 2.24) is 4.98 Å². The van der Waals surface area contributed by atoms with Gasteiger partial charge in [-0.3, -0.25) is 4.18 Å². The number of benzene rings is 2. The highest BCUT2D eigenvalue weighted by Crippen LogP contribution is 2.27. The lowest BCUT2D eigenvalue weighted by Crippen LogP contribution is -2.08. The molecule has 0 aliphatic rings. The van der Waals surface area contributed by atoms with E-state index in [-0.39, 0.29) is 22.4 Å². The fourth-order valence-corrected chi connectivity index (χ4v) is 3.32. The van der Waals surface area contributed by atoms with Gasteiger partial charge >= 0.3 is 5.82 Å². The Morgan fingerprint density at radius 2 is 1.71 bits per heavy atom. The first-order valence-corrected chi connectivity index (χ1v) is 8.36. The smallest absolute Gasteiger partial charge is 0.358 e. The van der Waals surface area contributed by atoms with Crippen LogP contribution in [0.25, 0.3) is 10.9 Å². The Hall–Kier alpha value is -2.84. The molecule has 0 atom stereocenters. The molecule has 0 spiro atoms. The molecule has 0 saturated heterocycles. The molecule has 3 rings (SSSR count). The number of nitrogens with zero attached hydrogens (tertiary/aromatic N) is 2. The maximum Gasteiger partial charge on any atom is 0.365 e. The van der Waals surface area contributed by atoms with E-state index in [1.165, 1.54) is 12.1 Å². The average molecular weight is 344 g/mol. The van der Waals surface area contributed by atoms with Gasteiger partial charge in [-0.1, -0.05) is 42.5 Å². The zero-order chi connectivity index (χ0) is 17.2. The number of para-hydroxylation sites is 1. The van der Waals surface area contributed by atoms with E-state index in [1.54, 1.807) is 42.5 Å². The minimum absolute atomic E-state index is 0.159. The maximum absolute atomic E-state index is 12.5. The first kappa shape index (κ1) is 16.0. The van der Waals surface area contributed by atoms with Crippen LogP contribution in [-0.2, 0) is 20.9 Å². The summed E-state index contributed by atoms with van der Waals surface area (Å²) in [4.78, 5) is 13.9. The van der Waals surface area contributed by atoms with Gasteiger partial charge in [-0.15, -0.1) is 0 Å². The third kappa shape index (κ3) is 3.24. The summed E-state index contributed by atoms with van der Waals surface area (Å²) in [5, 5.41) is 11.3. The van der Waals surface area contributed by atoms with Gasteiger partial charge in [-0.25, -0.2) is 0 Å². The zero-order valence-corrected chi connectivity index (χ0v) is 13.1. The van der Waals surface area contributed by atoms with E-state index < -0.39 is 20.9 Å². The largest absolute Gasteiger partial charge is 0.365 e. The Morgan fingerprint density at radius 1 is 1.04 bits per heavy atom. The summed E-state index contributed by atoms with van der Waals surface area (Å²) in [6, 6.07) is 16.0. The Balaban J connectivity index is 2.04. The molecule has 8 heteroatoms. The molecule has 1 aromatic heterocycles. The standard InChI is InChI=1S/C16H12N2O5S/c19-18(20)16-10-15(13-8-4-5-9-14(13)17-16)24(21,22)23-11-12-6-2-1-3-7-12/h1-10H,11H2. The number of fused-ring (bicyclic) bond motifs is 1. The normalized spacial score (nSPS) is 11.5. The van der Waals surface area contributed by atoms with Crippen LogP contribution in [0, 0.1) is 10.1 Å². The van der Waals surface area contributed by atoms with E-state index in [0.29, 0.717) is 5.56 Å². The van der Waals surface area contributed by atoms with Gasteiger partial charge in [0.1, 0.15) is 4.90 Å². The monoisotopic (exact) mass is 344 g/mol. The molecule has 1 heterocycles. The lowest BCUT2D eigenvalue weighted by Gasteiger charge is -2.07. The van der Waals surface area contributed by atoms with Gasteiger partial charge in [0.15, 0.2) is 5.52 Å². The molecule has 0 saturated carbocycles. The molecular formula is C16H12N2O5S. The van der Waals surface area contributed by atoms with Crippen LogP contribution in [0.2, 0.25) is 0 Å². The van der Waals surface area contributed by atoms with Crippen molar-refractivity contribution in [2.24, 2.45) is 0 Å². The molecule has 0 radical (unpaired) electrons. The number of nitro groups is 1. The molecule has 24 heavy (non-hydrogen) atoms. The molecule has 0 aliphatic carbocycles. The number of hydrogen-bond donors (Lipinski definition) is 0. The van der Waals surface area contributed by atoms with E-state index in [0.717, 1.165) is 6.07 Å². The summed E-state index contributed by atoms with van der Waals surface area (Å²) >= 11 is 0. The third-order valence-electron chi connectivity index (χ3n) is 3.34. The average Bonchev–Trinajstić information content (AvgIpc) is 2.60. The van der Waals surface area contributed by atoms with Gasteiger partial charge in [0.2, 0.25) is 0 Å². The van der Waals surface area contributed by atoms with Gasteiger partial charge in [0.25, 0.3) is 10.1 Å². The first-order chi connectivity index (χ1) is 11.5. The molecule has 3 aromatic rings. The van der Waals surface area contributed by atoms with Crippen molar-refractivity contribution in [1.29, 1.82) is 0 Å². The predicted octanol–water partition coefficient (Wildman–Crippen LogP) is 3.05. The van der Waals surface area contributed by atoms with Crippen molar-refractivity contribution in [3.8, 4) is 0 Å².